The first-order chi connectivity index (χ1) is 17.0. The van der Waals surface area contributed by atoms with Gasteiger partial charge in [0.05, 0.1) is 0 Å². The molecule has 4 N–H and O–H groups in total. The van der Waals surface area contributed by atoms with E-state index < -0.39 is 6.04 Å². The molecular formula is C28H27N5OS. The molecule has 7 heteroatoms. The average molecular weight is 482 g/mol. The van der Waals surface area contributed by atoms with Crippen molar-refractivity contribution < 1.29 is 4.79 Å². The van der Waals surface area contributed by atoms with E-state index in [1.54, 1.807) is 0 Å². The zero-order chi connectivity index (χ0) is 24.6. The molecule has 1 fully saturated rings. The molecule has 3 aromatic rings. The number of terminal acetylenes is 1. The zero-order valence-electron chi connectivity index (χ0n) is 19.3. The van der Waals surface area contributed by atoms with Gasteiger partial charge in [0, 0.05) is 35.6 Å². The van der Waals surface area contributed by atoms with Gasteiger partial charge < -0.3 is 20.9 Å². The number of carbonyl (C=O) groups excluding carboxylic acids is 1. The molecule has 1 unspecified atom stereocenters. The van der Waals surface area contributed by atoms with E-state index in [9.17, 15) is 4.79 Å². The molecular weight excluding hydrogens is 454 g/mol. The molecule has 1 heterocycles. The molecule has 35 heavy (non-hydrogen) atoms. The second-order valence-electron chi connectivity index (χ2n) is 8.27. The number of nitrogens with zero attached hydrogens (tertiary/aromatic N) is 1. The summed E-state index contributed by atoms with van der Waals surface area (Å²) in [6.45, 7) is 1.84. The summed E-state index contributed by atoms with van der Waals surface area (Å²) in [7, 11) is 0. The van der Waals surface area contributed by atoms with Crippen LogP contribution in [0.1, 0.15) is 35.6 Å². The Balaban J connectivity index is 1.44. The predicted molar refractivity (Wildman–Crippen MR) is 146 cm³/mol. The first-order valence-corrected chi connectivity index (χ1v) is 11.9. The minimum absolute atomic E-state index is 0.245. The van der Waals surface area contributed by atoms with Gasteiger partial charge in [0.25, 0.3) is 5.91 Å². The SMILES string of the molecule is C#Cc1ccc(NC(=S)NC(C(=O)Nc2ccc(C(=N)N3CCCC3)cc2)c2ccccc2)cc1. The zero-order valence-corrected chi connectivity index (χ0v) is 20.1. The first-order valence-electron chi connectivity index (χ1n) is 11.5. The quantitative estimate of drug-likeness (QED) is 0.177. The van der Waals surface area contributed by atoms with Crippen molar-refractivity contribution in [3.8, 4) is 12.3 Å². The molecule has 6 nitrogen and oxygen atoms in total. The number of anilines is 2. The lowest BCUT2D eigenvalue weighted by Crippen LogP contribution is -2.39. The van der Waals surface area contributed by atoms with Crippen LogP contribution in [0.4, 0.5) is 11.4 Å². The number of hydrogen-bond acceptors (Lipinski definition) is 3. The molecule has 0 bridgehead atoms. The summed E-state index contributed by atoms with van der Waals surface area (Å²) in [6.07, 6.45) is 7.66. The number of benzene rings is 3. The topological polar surface area (TPSA) is 80.2 Å². The monoisotopic (exact) mass is 481 g/mol. The summed E-state index contributed by atoms with van der Waals surface area (Å²) < 4.78 is 0. The third-order valence-electron chi connectivity index (χ3n) is 5.83. The number of hydrogen-bond donors (Lipinski definition) is 4. The van der Waals surface area contributed by atoms with E-state index >= 15 is 0 Å². The second-order valence-corrected chi connectivity index (χ2v) is 8.68. The van der Waals surface area contributed by atoms with Crippen molar-refractivity contribution in [3.63, 3.8) is 0 Å². The van der Waals surface area contributed by atoms with E-state index in [-0.39, 0.29) is 5.91 Å². The normalized spacial score (nSPS) is 13.4. The van der Waals surface area contributed by atoms with Crippen molar-refractivity contribution in [2.24, 2.45) is 0 Å². The second kappa shape index (κ2) is 11.3. The Morgan fingerprint density at radius 2 is 1.51 bits per heavy atom. The van der Waals surface area contributed by atoms with Crippen LogP contribution in [0, 0.1) is 17.8 Å². The molecule has 176 valence electrons. The third-order valence-corrected chi connectivity index (χ3v) is 6.05. The van der Waals surface area contributed by atoms with Crippen LogP contribution in [0.25, 0.3) is 0 Å². The lowest BCUT2D eigenvalue weighted by atomic mass is 10.1. The Morgan fingerprint density at radius 1 is 0.914 bits per heavy atom. The number of thiocarbonyl (C=S) groups is 1. The van der Waals surface area contributed by atoms with Crippen molar-refractivity contribution in [3.05, 3.63) is 95.6 Å². The molecule has 0 saturated carbocycles. The molecule has 0 aromatic heterocycles. The molecule has 0 aliphatic carbocycles. The van der Waals surface area contributed by atoms with Crippen molar-refractivity contribution in [1.82, 2.24) is 10.2 Å². The van der Waals surface area contributed by atoms with Crippen LogP contribution < -0.4 is 16.0 Å². The Hall–Kier alpha value is -4.15. The largest absolute Gasteiger partial charge is 0.357 e. The minimum Gasteiger partial charge on any atom is -0.357 e. The molecule has 0 radical (unpaired) electrons. The van der Waals surface area contributed by atoms with Gasteiger partial charge in [0.15, 0.2) is 5.11 Å². The molecule has 1 amide bonds. The number of nitrogens with one attached hydrogen (secondary N) is 4. The Kier molecular flexibility index (Phi) is 7.76. The van der Waals surface area contributed by atoms with Crippen molar-refractivity contribution in [2.75, 3.05) is 23.7 Å². The molecule has 0 spiro atoms. The summed E-state index contributed by atoms with van der Waals surface area (Å²) in [5.41, 5.74) is 3.81. The van der Waals surface area contributed by atoms with E-state index in [1.807, 2.05) is 78.9 Å². The van der Waals surface area contributed by atoms with E-state index in [1.165, 1.54) is 0 Å². The Labute approximate surface area is 211 Å². The molecule has 1 aliphatic heterocycles. The van der Waals surface area contributed by atoms with Gasteiger partial charge in [-0.15, -0.1) is 6.42 Å². The van der Waals surface area contributed by atoms with Crippen LogP contribution in [0.15, 0.2) is 78.9 Å². The average Bonchev–Trinajstić information content (AvgIpc) is 3.43. The lowest BCUT2D eigenvalue weighted by molar-refractivity contribution is -0.117. The van der Waals surface area contributed by atoms with Crippen molar-refractivity contribution >= 4 is 40.4 Å². The predicted octanol–water partition coefficient (Wildman–Crippen LogP) is 4.76. The van der Waals surface area contributed by atoms with Crippen molar-refractivity contribution in [2.45, 2.75) is 18.9 Å². The Bertz CT molecular complexity index is 1230. The number of rotatable bonds is 6. The van der Waals surface area contributed by atoms with E-state index in [4.69, 9.17) is 24.1 Å². The van der Waals surface area contributed by atoms with E-state index in [2.05, 4.69) is 26.8 Å². The van der Waals surface area contributed by atoms with Crippen LogP contribution in [-0.4, -0.2) is 34.8 Å². The maximum atomic E-state index is 13.3. The molecule has 1 aliphatic rings. The van der Waals surface area contributed by atoms with Crippen LogP contribution in [-0.2, 0) is 4.79 Å². The maximum Gasteiger partial charge on any atom is 0.251 e. The van der Waals surface area contributed by atoms with Crippen molar-refractivity contribution in [1.29, 1.82) is 5.41 Å². The van der Waals surface area contributed by atoms with Gasteiger partial charge in [-0.25, -0.2) is 0 Å². The minimum atomic E-state index is -0.705. The highest BCUT2D eigenvalue weighted by Crippen LogP contribution is 2.19. The maximum absolute atomic E-state index is 13.3. The number of amidine groups is 1. The van der Waals surface area contributed by atoms with Gasteiger partial charge >= 0.3 is 0 Å². The van der Waals surface area contributed by atoms with Gasteiger partial charge in [-0.3, -0.25) is 10.2 Å². The van der Waals surface area contributed by atoms with E-state index in [0.29, 0.717) is 16.6 Å². The summed E-state index contributed by atoms with van der Waals surface area (Å²) in [5, 5.41) is 17.9. The summed E-state index contributed by atoms with van der Waals surface area (Å²) in [6, 6.07) is 23.4. The lowest BCUT2D eigenvalue weighted by Gasteiger charge is -2.21. The van der Waals surface area contributed by atoms with Gasteiger partial charge in [0.2, 0.25) is 0 Å². The van der Waals surface area contributed by atoms with Crippen LogP contribution in [0.3, 0.4) is 0 Å². The molecule has 1 saturated heterocycles. The van der Waals surface area contributed by atoms with Gasteiger partial charge in [-0.1, -0.05) is 36.3 Å². The molecule has 3 aromatic carbocycles. The summed E-state index contributed by atoms with van der Waals surface area (Å²) in [4.78, 5) is 15.4. The number of carbonyl (C=O) groups is 1. The fourth-order valence-corrected chi connectivity index (χ4v) is 4.18. The van der Waals surface area contributed by atoms with E-state index in [0.717, 1.165) is 48.3 Å². The van der Waals surface area contributed by atoms with Crippen LogP contribution in [0.2, 0.25) is 0 Å². The highest BCUT2D eigenvalue weighted by atomic mass is 32.1. The standard InChI is InChI=1S/C28H27N5OS/c1-2-20-10-14-24(15-11-20)31-28(35)32-25(21-8-4-3-5-9-21)27(34)30-23-16-12-22(13-17-23)26(29)33-18-6-7-19-33/h1,3-5,8-17,25,29H,6-7,18-19H2,(H,30,34)(H2,31,32,35). The highest BCUT2D eigenvalue weighted by Gasteiger charge is 2.22. The van der Waals surface area contributed by atoms with Crippen LogP contribution in [0.5, 0.6) is 0 Å². The summed E-state index contributed by atoms with van der Waals surface area (Å²) >= 11 is 5.48. The third kappa shape index (κ3) is 6.25. The number of likely N-dealkylation sites (tertiary alicyclic amines) is 1. The Morgan fingerprint density at radius 3 is 2.14 bits per heavy atom. The van der Waals surface area contributed by atoms with Gasteiger partial charge in [-0.05, 0) is 79.2 Å². The number of amides is 1. The van der Waals surface area contributed by atoms with Gasteiger partial charge in [-0.2, -0.15) is 0 Å². The van der Waals surface area contributed by atoms with Gasteiger partial charge in [0.1, 0.15) is 11.9 Å². The molecule has 1 atom stereocenters. The summed E-state index contributed by atoms with van der Waals surface area (Å²) in [5.74, 6) is 2.86. The fraction of sp³-hybridized carbons (Fsp3) is 0.179. The highest BCUT2D eigenvalue weighted by molar-refractivity contribution is 7.80. The first kappa shape index (κ1) is 24.0. The molecule has 4 rings (SSSR count). The smallest absolute Gasteiger partial charge is 0.251 e. The van der Waals surface area contributed by atoms with Crippen LogP contribution >= 0.6 is 12.2 Å². The fourth-order valence-electron chi connectivity index (χ4n) is 3.94.